The Morgan fingerprint density at radius 3 is 2.79 bits per heavy atom. The third kappa shape index (κ3) is 3.24. The van der Waals surface area contributed by atoms with Crippen molar-refractivity contribution < 1.29 is 19.1 Å². The summed E-state index contributed by atoms with van der Waals surface area (Å²) in [6.45, 7) is 1.46. The molecule has 1 aliphatic rings. The molecule has 128 valence electrons. The molecule has 0 aromatic carbocycles. The Balaban J connectivity index is 1.50. The molecule has 9 nitrogen and oxygen atoms in total. The number of carboxylic acid groups (broad SMARTS) is 1. The molecule has 2 aromatic rings. The van der Waals surface area contributed by atoms with Crippen molar-refractivity contribution in [3.05, 3.63) is 40.0 Å². The van der Waals surface area contributed by atoms with E-state index in [4.69, 9.17) is 9.52 Å². The highest BCUT2D eigenvalue weighted by Gasteiger charge is 2.17. The molecule has 2 aromatic heterocycles. The average molecular weight is 334 g/mol. The largest absolute Gasteiger partial charge is 0.475 e. The number of rotatable bonds is 6. The topological polar surface area (TPSA) is 119 Å². The molecule has 0 atom stereocenters. The first-order valence-corrected chi connectivity index (χ1v) is 7.84. The van der Waals surface area contributed by atoms with Gasteiger partial charge in [0.15, 0.2) is 5.76 Å². The van der Waals surface area contributed by atoms with E-state index in [1.807, 2.05) is 0 Å². The minimum Gasteiger partial charge on any atom is -0.475 e. The Morgan fingerprint density at radius 1 is 1.29 bits per heavy atom. The second-order valence-corrected chi connectivity index (χ2v) is 5.61. The zero-order chi connectivity index (χ0) is 17.1. The van der Waals surface area contributed by atoms with E-state index in [2.05, 4.69) is 10.4 Å². The lowest BCUT2D eigenvalue weighted by atomic mass is 10.2. The minimum atomic E-state index is -1.22. The van der Waals surface area contributed by atoms with E-state index in [0.29, 0.717) is 19.5 Å². The number of aromatic carboxylic acids is 1. The smallest absolute Gasteiger partial charge is 0.371 e. The molecule has 0 bridgehead atoms. The number of carbonyl (C=O) groups excluding carboxylic acids is 1. The van der Waals surface area contributed by atoms with Gasteiger partial charge in [0.1, 0.15) is 5.82 Å². The molecule has 1 aliphatic heterocycles. The van der Waals surface area contributed by atoms with Gasteiger partial charge in [0.25, 0.3) is 5.91 Å². The monoisotopic (exact) mass is 334 g/mol. The summed E-state index contributed by atoms with van der Waals surface area (Å²) in [5, 5.41) is 15.7. The lowest BCUT2D eigenvalue weighted by molar-refractivity contribution is 0.0659. The van der Waals surface area contributed by atoms with E-state index in [1.165, 1.54) is 16.8 Å². The van der Waals surface area contributed by atoms with Gasteiger partial charge in [0.2, 0.25) is 5.76 Å². The van der Waals surface area contributed by atoms with Crippen LogP contribution in [0.5, 0.6) is 0 Å². The number of furan rings is 1. The van der Waals surface area contributed by atoms with Crippen molar-refractivity contribution in [1.82, 2.24) is 19.7 Å². The van der Waals surface area contributed by atoms with Crippen molar-refractivity contribution in [2.24, 2.45) is 0 Å². The van der Waals surface area contributed by atoms with Gasteiger partial charge >= 0.3 is 11.7 Å². The van der Waals surface area contributed by atoms with E-state index in [0.717, 1.165) is 31.6 Å². The van der Waals surface area contributed by atoms with Crippen LogP contribution in [0, 0.1) is 0 Å². The van der Waals surface area contributed by atoms with Crippen LogP contribution in [0.1, 0.15) is 46.2 Å². The first-order valence-electron chi connectivity index (χ1n) is 7.84. The number of aryl methyl sites for hydroxylation is 2. The maximum Gasteiger partial charge on any atom is 0.371 e. The van der Waals surface area contributed by atoms with Crippen LogP contribution in [0.3, 0.4) is 0 Å². The second kappa shape index (κ2) is 6.73. The molecule has 0 spiro atoms. The maximum absolute atomic E-state index is 12.1. The zero-order valence-electron chi connectivity index (χ0n) is 13.0. The van der Waals surface area contributed by atoms with Crippen LogP contribution >= 0.6 is 0 Å². The number of fused-ring (bicyclic) bond motifs is 1. The Labute approximate surface area is 136 Å². The van der Waals surface area contributed by atoms with E-state index in [-0.39, 0.29) is 17.2 Å². The molecule has 3 rings (SSSR count). The zero-order valence-corrected chi connectivity index (χ0v) is 13.0. The summed E-state index contributed by atoms with van der Waals surface area (Å²) in [5.41, 5.74) is -0.104. The maximum atomic E-state index is 12.1. The van der Waals surface area contributed by atoms with Gasteiger partial charge < -0.3 is 14.8 Å². The summed E-state index contributed by atoms with van der Waals surface area (Å²) >= 11 is 0. The summed E-state index contributed by atoms with van der Waals surface area (Å²) in [4.78, 5) is 34.7. The first kappa shape index (κ1) is 16.0. The van der Waals surface area contributed by atoms with Crippen molar-refractivity contribution in [2.45, 2.75) is 38.8 Å². The molecule has 0 saturated heterocycles. The molecule has 3 heterocycles. The fourth-order valence-corrected chi connectivity index (χ4v) is 2.69. The minimum absolute atomic E-state index is 0.0537. The van der Waals surface area contributed by atoms with Gasteiger partial charge in [0, 0.05) is 26.1 Å². The van der Waals surface area contributed by atoms with Crippen LogP contribution < -0.4 is 11.0 Å². The number of nitrogens with one attached hydrogen (secondary N) is 1. The Hall–Kier alpha value is -2.84. The van der Waals surface area contributed by atoms with Gasteiger partial charge in [-0.05, 0) is 31.4 Å². The van der Waals surface area contributed by atoms with Crippen LogP contribution in [0.4, 0.5) is 0 Å². The lowest BCUT2D eigenvalue weighted by Crippen LogP contribution is -2.29. The Kier molecular flexibility index (Phi) is 4.50. The number of amides is 1. The number of aromatic nitrogens is 3. The van der Waals surface area contributed by atoms with Crippen molar-refractivity contribution >= 4 is 11.9 Å². The van der Waals surface area contributed by atoms with E-state index in [9.17, 15) is 14.4 Å². The third-order valence-electron chi connectivity index (χ3n) is 3.90. The van der Waals surface area contributed by atoms with E-state index < -0.39 is 11.9 Å². The molecular weight excluding hydrogens is 316 g/mol. The fraction of sp³-hybridized carbons (Fsp3) is 0.467. The van der Waals surface area contributed by atoms with E-state index in [1.54, 1.807) is 4.57 Å². The van der Waals surface area contributed by atoms with Gasteiger partial charge in [-0.3, -0.25) is 9.36 Å². The molecule has 0 saturated carbocycles. The van der Waals surface area contributed by atoms with Crippen LogP contribution in [0.25, 0.3) is 0 Å². The van der Waals surface area contributed by atoms with Gasteiger partial charge in [-0.25, -0.2) is 14.3 Å². The number of carboxylic acids is 1. The number of hydrogen-bond donors (Lipinski definition) is 2. The van der Waals surface area contributed by atoms with Gasteiger partial charge in [-0.1, -0.05) is 0 Å². The number of carbonyl (C=O) groups is 2. The van der Waals surface area contributed by atoms with Gasteiger partial charge in [0.05, 0.1) is 0 Å². The van der Waals surface area contributed by atoms with Crippen molar-refractivity contribution in [3.63, 3.8) is 0 Å². The molecule has 0 fully saturated rings. The third-order valence-corrected chi connectivity index (χ3v) is 3.90. The van der Waals surface area contributed by atoms with E-state index >= 15 is 0 Å². The standard InChI is InChI=1S/C15H18N4O5/c20-13(10-5-6-11(24-10)14(21)22)16-7-3-9-19-15(23)18-8-2-1-4-12(18)17-19/h5-6H,1-4,7-9H2,(H,16,20)(H,21,22). The molecule has 0 radical (unpaired) electrons. The molecule has 24 heavy (non-hydrogen) atoms. The van der Waals surface area contributed by atoms with Gasteiger partial charge in [-0.2, -0.15) is 5.10 Å². The Bertz CT molecular complexity index is 816. The number of hydrogen-bond acceptors (Lipinski definition) is 5. The first-order chi connectivity index (χ1) is 11.6. The second-order valence-electron chi connectivity index (χ2n) is 5.61. The predicted molar refractivity (Wildman–Crippen MR) is 82.0 cm³/mol. The summed E-state index contributed by atoms with van der Waals surface area (Å²) in [7, 11) is 0. The molecule has 0 unspecified atom stereocenters. The van der Waals surface area contributed by atoms with Crippen molar-refractivity contribution in [3.8, 4) is 0 Å². The van der Waals surface area contributed by atoms with Crippen molar-refractivity contribution in [1.29, 1.82) is 0 Å². The van der Waals surface area contributed by atoms with Gasteiger partial charge in [-0.15, -0.1) is 0 Å². The highest BCUT2D eigenvalue weighted by Crippen LogP contribution is 2.09. The fourth-order valence-electron chi connectivity index (χ4n) is 2.69. The summed E-state index contributed by atoms with van der Waals surface area (Å²) in [6, 6.07) is 2.54. The lowest BCUT2D eigenvalue weighted by Gasteiger charge is -2.09. The molecular formula is C15H18N4O5. The SMILES string of the molecule is O=C(O)c1ccc(C(=O)NCCCn2nc3n(c2=O)CCCC3)o1. The number of nitrogens with zero attached hydrogens (tertiary/aromatic N) is 3. The van der Waals surface area contributed by atoms with Crippen LogP contribution in [-0.2, 0) is 19.5 Å². The summed E-state index contributed by atoms with van der Waals surface area (Å²) in [6.07, 6.45) is 3.40. The van der Waals surface area contributed by atoms with Crippen molar-refractivity contribution in [2.75, 3.05) is 6.54 Å². The summed E-state index contributed by atoms with van der Waals surface area (Å²) in [5.74, 6) is -1.22. The predicted octanol–water partition coefficient (Wildman–Crippen LogP) is 0.492. The van der Waals surface area contributed by atoms with Crippen LogP contribution in [-0.4, -0.2) is 37.9 Å². The van der Waals surface area contributed by atoms with Crippen LogP contribution in [0.15, 0.2) is 21.3 Å². The normalized spacial score (nSPS) is 13.5. The highest BCUT2D eigenvalue weighted by molar-refractivity contribution is 5.93. The molecule has 0 aliphatic carbocycles. The van der Waals surface area contributed by atoms with Crippen LogP contribution in [0.2, 0.25) is 0 Å². The molecule has 1 amide bonds. The highest BCUT2D eigenvalue weighted by atomic mass is 16.4. The average Bonchev–Trinajstić information content (AvgIpc) is 3.18. The molecule has 2 N–H and O–H groups in total. The molecule has 9 heteroatoms. The Morgan fingerprint density at radius 2 is 2.08 bits per heavy atom. The quantitative estimate of drug-likeness (QED) is 0.742. The summed E-state index contributed by atoms with van der Waals surface area (Å²) < 4.78 is 8.05.